The monoisotopic (exact) mass is 198 g/mol. The molecule has 5 nitrogen and oxygen atoms in total. The fourth-order valence-corrected chi connectivity index (χ4v) is 2.24. The van der Waals surface area contributed by atoms with Gasteiger partial charge in [0.15, 0.2) is 0 Å². The van der Waals surface area contributed by atoms with Crippen molar-refractivity contribution < 1.29 is 4.79 Å². The SMILES string of the molecule is CC(N)CN1CCN2C(=O)NCC2C1. The van der Waals surface area contributed by atoms with E-state index >= 15 is 0 Å². The highest BCUT2D eigenvalue weighted by Gasteiger charge is 2.35. The van der Waals surface area contributed by atoms with Gasteiger partial charge in [-0.25, -0.2) is 4.79 Å². The molecular weight excluding hydrogens is 180 g/mol. The summed E-state index contributed by atoms with van der Waals surface area (Å²) in [7, 11) is 0. The molecule has 5 heteroatoms. The van der Waals surface area contributed by atoms with E-state index in [1.807, 2.05) is 11.8 Å². The predicted molar refractivity (Wildman–Crippen MR) is 54.0 cm³/mol. The van der Waals surface area contributed by atoms with Crippen LogP contribution in [-0.2, 0) is 0 Å². The molecule has 3 N–H and O–H groups in total. The zero-order valence-electron chi connectivity index (χ0n) is 8.57. The number of nitrogens with two attached hydrogens (primary N) is 1. The van der Waals surface area contributed by atoms with Crippen LogP contribution < -0.4 is 11.1 Å². The van der Waals surface area contributed by atoms with Crippen molar-refractivity contribution >= 4 is 6.03 Å². The van der Waals surface area contributed by atoms with E-state index in [1.54, 1.807) is 0 Å². The van der Waals surface area contributed by atoms with E-state index in [1.165, 1.54) is 0 Å². The molecule has 0 spiro atoms. The second kappa shape index (κ2) is 3.74. The van der Waals surface area contributed by atoms with Gasteiger partial charge in [0, 0.05) is 38.8 Å². The highest BCUT2D eigenvalue weighted by molar-refractivity contribution is 5.77. The number of hydrogen-bond acceptors (Lipinski definition) is 3. The molecule has 0 aromatic heterocycles. The first-order valence-corrected chi connectivity index (χ1v) is 5.19. The zero-order chi connectivity index (χ0) is 10.1. The Kier molecular flexibility index (Phi) is 2.60. The van der Waals surface area contributed by atoms with Crippen LogP contribution in [0.4, 0.5) is 4.79 Å². The van der Waals surface area contributed by atoms with Crippen LogP contribution in [-0.4, -0.2) is 60.6 Å². The molecule has 2 fully saturated rings. The summed E-state index contributed by atoms with van der Waals surface area (Å²) < 4.78 is 0. The summed E-state index contributed by atoms with van der Waals surface area (Å²) in [6.45, 7) is 6.48. The first-order valence-electron chi connectivity index (χ1n) is 5.19. The number of amides is 2. The quantitative estimate of drug-likeness (QED) is 0.601. The predicted octanol–water partition coefficient (Wildman–Crippen LogP) is -0.957. The highest BCUT2D eigenvalue weighted by Crippen LogP contribution is 2.13. The van der Waals surface area contributed by atoms with E-state index in [4.69, 9.17) is 5.73 Å². The minimum Gasteiger partial charge on any atom is -0.336 e. The maximum Gasteiger partial charge on any atom is 0.317 e. The number of hydrogen-bond donors (Lipinski definition) is 2. The van der Waals surface area contributed by atoms with Gasteiger partial charge in [0.05, 0.1) is 6.04 Å². The first-order chi connectivity index (χ1) is 6.66. The van der Waals surface area contributed by atoms with Crippen molar-refractivity contribution in [2.24, 2.45) is 5.73 Å². The van der Waals surface area contributed by atoms with Gasteiger partial charge in [-0.05, 0) is 6.92 Å². The minimum atomic E-state index is 0.0930. The summed E-state index contributed by atoms with van der Waals surface area (Å²) >= 11 is 0. The standard InChI is InChI=1S/C9H18N4O/c1-7(10)5-12-2-3-13-8(6-12)4-11-9(13)14/h7-8H,2-6,10H2,1H3,(H,11,14). The van der Waals surface area contributed by atoms with Gasteiger partial charge in [-0.2, -0.15) is 0 Å². The van der Waals surface area contributed by atoms with Crippen molar-refractivity contribution in [2.75, 3.05) is 32.7 Å². The maximum atomic E-state index is 11.3. The number of carbonyl (C=O) groups excluding carboxylic acids is 1. The molecule has 0 bridgehead atoms. The van der Waals surface area contributed by atoms with Gasteiger partial charge in [-0.15, -0.1) is 0 Å². The molecule has 2 aliphatic heterocycles. The summed E-state index contributed by atoms with van der Waals surface area (Å²) in [5.74, 6) is 0. The fourth-order valence-electron chi connectivity index (χ4n) is 2.24. The van der Waals surface area contributed by atoms with Gasteiger partial charge in [-0.1, -0.05) is 0 Å². The Morgan fingerprint density at radius 3 is 3.14 bits per heavy atom. The number of fused-ring (bicyclic) bond motifs is 1. The topological polar surface area (TPSA) is 61.6 Å². The number of nitrogens with one attached hydrogen (secondary N) is 1. The molecule has 0 radical (unpaired) electrons. The van der Waals surface area contributed by atoms with Gasteiger partial charge < -0.3 is 16.0 Å². The third-order valence-corrected chi connectivity index (χ3v) is 2.86. The molecule has 0 saturated carbocycles. The third-order valence-electron chi connectivity index (χ3n) is 2.86. The van der Waals surface area contributed by atoms with Gasteiger partial charge in [-0.3, -0.25) is 4.90 Å². The molecule has 2 aliphatic rings. The molecule has 2 atom stereocenters. The summed E-state index contributed by atoms with van der Waals surface area (Å²) in [6, 6.07) is 0.664. The van der Waals surface area contributed by atoms with Gasteiger partial charge >= 0.3 is 6.03 Å². The Hall–Kier alpha value is -0.810. The lowest BCUT2D eigenvalue weighted by atomic mass is 10.2. The van der Waals surface area contributed by atoms with Gasteiger partial charge in [0.25, 0.3) is 0 Å². The van der Waals surface area contributed by atoms with Crippen molar-refractivity contribution in [3.05, 3.63) is 0 Å². The van der Waals surface area contributed by atoms with Crippen molar-refractivity contribution in [1.29, 1.82) is 0 Å². The van der Waals surface area contributed by atoms with Crippen molar-refractivity contribution in [3.8, 4) is 0 Å². The maximum absolute atomic E-state index is 11.3. The largest absolute Gasteiger partial charge is 0.336 e. The summed E-state index contributed by atoms with van der Waals surface area (Å²) in [5.41, 5.74) is 5.75. The van der Waals surface area contributed by atoms with E-state index < -0.39 is 0 Å². The van der Waals surface area contributed by atoms with Crippen LogP contribution in [0.1, 0.15) is 6.92 Å². The van der Waals surface area contributed by atoms with Crippen LogP contribution in [0.25, 0.3) is 0 Å². The average molecular weight is 198 g/mol. The average Bonchev–Trinajstić information content (AvgIpc) is 2.46. The van der Waals surface area contributed by atoms with Gasteiger partial charge in [0.2, 0.25) is 0 Å². The summed E-state index contributed by atoms with van der Waals surface area (Å²) in [5, 5.41) is 2.86. The van der Waals surface area contributed by atoms with Crippen molar-refractivity contribution in [3.63, 3.8) is 0 Å². The molecule has 2 heterocycles. The number of carbonyl (C=O) groups is 1. The van der Waals surface area contributed by atoms with Crippen molar-refractivity contribution in [1.82, 2.24) is 15.1 Å². The zero-order valence-corrected chi connectivity index (χ0v) is 8.57. The Morgan fingerprint density at radius 2 is 2.43 bits per heavy atom. The smallest absolute Gasteiger partial charge is 0.317 e. The van der Waals surface area contributed by atoms with E-state index in [2.05, 4.69) is 10.2 Å². The Balaban J connectivity index is 1.89. The minimum absolute atomic E-state index is 0.0930. The summed E-state index contributed by atoms with van der Waals surface area (Å²) in [4.78, 5) is 15.6. The second-order valence-electron chi connectivity index (χ2n) is 4.27. The van der Waals surface area contributed by atoms with Crippen molar-refractivity contribution in [2.45, 2.75) is 19.0 Å². The molecule has 80 valence electrons. The number of rotatable bonds is 2. The van der Waals surface area contributed by atoms with E-state index in [0.29, 0.717) is 6.04 Å². The fraction of sp³-hybridized carbons (Fsp3) is 0.889. The van der Waals surface area contributed by atoms with Crippen LogP contribution >= 0.6 is 0 Å². The molecule has 14 heavy (non-hydrogen) atoms. The number of urea groups is 1. The number of nitrogens with zero attached hydrogens (tertiary/aromatic N) is 2. The molecule has 0 aromatic rings. The second-order valence-corrected chi connectivity index (χ2v) is 4.27. The summed E-state index contributed by atoms with van der Waals surface area (Å²) in [6.07, 6.45) is 0. The number of piperazine rings is 1. The lowest BCUT2D eigenvalue weighted by Crippen LogP contribution is -2.54. The molecule has 2 amide bonds. The highest BCUT2D eigenvalue weighted by atomic mass is 16.2. The van der Waals surface area contributed by atoms with Crippen LogP contribution in [0.5, 0.6) is 0 Å². The normalized spacial score (nSPS) is 30.0. The molecule has 2 rings (SSSR count). The van der Waals surface area contributed by atoms with E-state index in [-0.39, 0.29) is 12.1 Å². The Bertz CT molecular complexity index is 231. The van der Waals surface area contributed by atoms with Crippen LogP contribution in [0, 0.1) is 0 Å². The Morgan fingerprint density at radius 1 is 1.64 bits per heavy atom. The Labute approximate surface area is 84.2 Å². The lowest BCUT2D eigenvalue weighted by Gasteiger charge is -2.37. The van der Waals surface area contributed by atoms with Crippen LogP contribution in [0.2, 0.25) is 0 Å². The van der Waals surface area contributed by atoms with Gasteiger partial charge in [0.1, 0.15) is 0 Å². The van der Waals surface area contributed by atoms with Crippen LogP contribution in [0.15, 0.2) is 0 Å². The molecule has 0 aromatic carbocycles. The molecule has 0 aliphatic carbocycles. The first kappa shape index (κ1) is 9.73. The molecule has 2 saturated heterocycles. The molecule has 2 unspecified atom stereocenters. The van der Waals surface area contributed by atoms with Crippen LogP contribution in [0.3, 0.4) is 0 Å². The lowest BCUT2D eigenvalue weighted by molar-refractivity contribution is 0.118. The van der Waals surface area contributed by atoms with E-state index in [0.717, 1.165) is 32.7 Å². The molecular formula is C9H18N4O. The van der Waals surface area contributed by atoms with E-state index in [9.17, 15) is 4.79 Å². The third kappa shape index (κ3) is 1.83.